The van der Waals surface area contributed by atoms with Crippen LogP contribution in [-0.2, 0) is 35.6 Å². The molecule has 1 atom stereocenters. The van der Waals surface area contributed by atoms with E-state index in [1.165, 1.54) is 30.3 Å². The lowest BCUT2D eigenvalue weighted by atomic mass is 10.0. The quantitative estimate of drug-likeness (QED) is 0.204. The van der Waals surface area contributed by atoms with Crippen molar-refractivity contribution in [2.24, 2.45) is 0 Å². The smallest absolute Gasteiger partial charge is 0.413 e. The van der Waals surface area contributed by atoms with Crippen LogP contribution in [-0.4, -0.2) is 48.5 Å². The van der Waals surface area contributed by atoms with E-state index in [0.717, 1.165) is 6.92 Å². The first-order chi connectivity index (χ1) is 13.0. The fourth-order valence-electron chi connectivity index (χ4n) is 1.84. The number of Topliss-reactive ketones (excluding diaryl/α,β-unsaturated/α-hetero) is 1. The Kier molecular flexibility index (Phi) is 7.27. The minimum Gasteiger partial charge on any atom is -0.413 e. The maximum atomic E-state index is 13.7. The van der Waals surface area contributed by atoms with Gasteiger partial charge in [-0.05, 0) is 12.5 Å². The highest BCUT2D eigenvalue weighted by molar-refractivity contribution is 7.86. The van der Waals surface area contributed by atoms with Crippen molar-refractivity contribution in [2.45, 2.75) is 30.6 Å². The third-order valence-corrected chi connectivity index (χ3v) is 4.23. The van der Waals surface area contributed by atoms with Gasteiger partial charge in [0.25, 0.3) is 0 Å². The van der Waals surface area contributed by atoms with Gasteiger partial charge in [0.2, 0.25) is 5.78 Å². The highest BCUT2D eigenvalue weighted by Crippen LogP contribution is 2.39. The molecule has 0 heterocycles. The molecule has 13 heteroatoms. The second-order valence-electron chi connectivity index (χ2n) is 5.77. The maximum absolute atomic E-state index is 13.7. The van der Waals surface area contributed by atoms with Crippen LogP contribution in [0.25, 0.3) is 0 Å². The second-order valence-corrected chi connectivity index (χ2v) is 7.32. The minimum atomic E-state index is -6.19. The van der Waals surface area contributed by atoms with Gasteiger partial charge in [-0.3, -0.25) is 9.35 Å². The number of ether oxygens (including phenoxy) is 2. The molecule has 0 aliphatic carbocycles. The summed E-state index contributed by atoms with van der Waals surface area (Å²) in [6.45, 7) is 1.30. The Balaban J connectivity index is 3.44. The fourth-order valence-corrected chi connectivity index (χ4v) is 2.05. The molecule has 0 spiro atoms. The van der Waals surface area contributed by atoms with E-state index < -0.39 is 57.7 Å². The van der Waals surface area contributed by atoms with Crippen molar-refractivity contribution in [1.82, 2.24) is 0 Å². The van der Waals surface area contributed by atoms with E-state index in [9.17, 15) is 40.0 Å². The SMILES string of the molecule is C=C(C)C(=O)OC(OCC(F)(F)S(=O)(=O)O)(C(=O)Cc1ccccc1)C(F)(F)F. The van der Waals surface area contributed by atoms with Crippen LogP contribution < -0.4 is 0 Å². The summed E-state index contributed by atoms with van der Waals surface area (Å²) in [7, 11) is -6.19. The van der Waals surface area contributed by atoms with Crippen LogP contribution in [0.3, 0.4) is 0 Å². The van der Waals surface area contributed by atoms with Crippen molar-refractivity contribution < 1.29 is 54.0 Å². The summed E-state index contributed by atoms with van der Waals surface area (Å²) in [5.41, 5.74) is -0.640. The highest BCUT2D eigenvalue weighted by atomic mass is 32.2. The number of ketones is 1. The number of carbonyl (C=O) groups excluding carboxylic acids is 2. The Morgan fingerprint density at radius 2 is 1.62 bits per heavy atom. The lowest BCUT2D eigenvalue weighted by Gasteiger charge is -2.34. The summed E-state index contributed by atoms with van der Waals surface area (Å²) >= 11 is 0. The predicted octanol–water partition coefficient (Wildman–Crippen LogP) is 2.67. The standard InChI is InChI=1S/C16H15F5O7S/c1-10(2)13(23)28-15(16(19,20)21,27-9-14(17,18)29(24,25)26)12(22)8-11-6-4-3-5-7-11/h3-7H,1,8-9H2,2H3,(H,24,25,26). The number of esters is 1. The molecule has 0 saturated heterocycles. The monoisotopic (exact) mass is 446 g/mol. The lowest BCUT2D eigenvalue weighted by Crippen LogP contribution is -2.59. The third-order valence-electron chi connectivity index (χ3n) is 3.35. The largest absolute Gasteiger partial charge is 0.464 e. The molecular formula is C16H15F5O7S. The van der Waals surface area contributed by atoms with E-state index in [0.29, 0.717) is 0 Å². The predicted molar refractivity (Wildman–Crippen MR) is 87.3 cm³/mol. The third kappa shape index (κ3) is 5.81. The minimum absolute atomic E-state index is 0.0114. The number of carbonyl (C=O) groups is 2. The Morgan fingerprint density at radius 3 is 2.03 bits per heavy atom. The van der Waals surface area contributed by atoms with Crippen molar-refractivity contribution >= 4 is 21.9 Å². The van der Waals surface area contributed by atoms with E-state index in [2.05, 4.69) is 16.1 Å². The second kappa shape index (κ2) is 8.55. The molecule has 1 N–H and O–H groups in total. The molecule has 1 rings (SSSR count). The molecule has 7 nitrogen and oxygen atoms in total. The summed E-state index contributed by atoms with van der Waals surface area (Å²) in [5, 5.41) is -5.23. The van der Waals surface area contributed by atoms with Crippen LogP contribution in [0, 0.1) is 0 Å². The summed E-state index contributed by atoms with van der Waals surface area (Å²) in [5.74, 6) is -8.40. The zero-order chi connectivity index (χ0) is 22.7. The first-order valence-corrected chi connectivity index (χ1v) is 8.99. The number of benzene rings is 1. The van der Waals surface area contributed by atoms with Crippen molar-refractivity contribution in [3.05, 3.63) is 48.0 Å². The zero-order valence-corrected chi connectivity index (χ0v) is 15.5. The molecule has 0 aliphatic heterocycles. The highest BCUT2D eigenvalue weighted by Gasteiger charge is 2.67. The lowest BCUT2D eigenvalue weighted by molar-refractivity contribution is -0.351. The first-order valence-electron chi connectivity index (χ1n) is 7.55. The molecule has 0 amide bonds. The topological polar surface area (TPSA) is 107 Å². The van der Waals surface area contributed by atoms with Crippen molar-refractivity contribution in [3.8, 4) is 0 Å². The van der Waals surface area contributed by atoms with E-state index in [1.807, 2.05) is 0 Å². The molecule has 1 aromatic carbocycles. The summed E-state index contributed by atoms with van der Waals surface area (Å²) in [6.07, 6.45) is -6.96. The molecule has 0 fully saturated rings. The maximum Gasteiger partial charge on any atom is 0.464 e. The Hall–Kier alpha value is -2.38. The Morgan fingerprint density at radius 1 is 1.10 bits per heavy atom. The van der Waals surface area contributed by atoms with Gasteiger partial charge < -0.3 is 9.47 Å². The molecule has 29 heavy (non-hydrogen) atoms. The van der Waals surface area contributed by atoms with Crippen molar-refractivity contribution in [1.29, 1.82) is 0 Å². The van der Waals surface area contributed by atoms with Gasteiger partial charge in [-0.1, -0.05) is 36.9 Å². The van der Waals surface area contributed by atoms with E-state index in [4.69, 9.17) is 4.55 Å². The van der Waals surface area contributed by atoms with Gasteiger partial charge in [0.1, 0.15) is 6.61 Å². The summed E-state index contributed by atoms with van der Waals surface area (Å²) in [6, 6.07) is 6.67. The van der Waals surface area contributed by atoms with Crippen molar-refractivity contribution in [2.75, 3.05) is 6.61 Å². The molecule has 1 unspecified atom stereocenters. The van der Waals surface area contributed by atoms with Crippen LogP contribution >= 0.6 is 0 Å². The van der Waals surface area contributed by atoms with Crippen LogP contribution in [0.2, 0.25) is 0 Å². The summed E-state index contributed by atoms with van der Waals surface area (Å²) < 4.78 is 106. The van der Waals surface area contributed by atoms with E-state index in [-0.39, 0.29) is 5.56 Å². The summed E-state index contributed by atoms with van der Waals surface area (Å²) in [4.78, 5) is 24.1. The molecule has 0 aromatic heterocycles. The number of hydrogen-bond acceptors (Lipinski definition) is 6. The van der Waals surface area contributed by atoms with E-state index in [1.54, 1.807) is 0 Å². The Labute approximate surface area is 161 Å². The fraction of sp³-hybridized carbons (Fsp3) is 0.375. The molecule has 0 aliphatic rings. The van der Waals surface area contributed by atoms with Gasteiger partial charge in [-0.2, -0.15) is 30.4 Å². The van der Waals surface area contributed by atoms with Crippen molar-refractivity contribution in [3.63, 3.8) is 0 Å². The van der Waals surface area contributed by atoms with Crippen LogP contribution in [0.1, 0.15) is 12.5 Å². The molecule has 0 radical (unpaired) electrons. The van der Waals surface area contributed by atoms with Gasteiger partial charge in [-0.25, -0.2) is 4.79 Å². The van der Waals surface area contributed by atoms with Crippen LogP contribution in [0.5, 0.6) is 0 Å². The van der Waals surface area contributed by atoms with Gasteiger partial charge in [0.05, 0.1) is 0 Å². The molecular weight excluding hydrogens is 431 g/mol. The number of hydrogen-bond donors (Lipinski definition) is 1. The number of alkyl halides is 5. The average Bonchev–Trinajstić information content (AvgIpc) is 2.56. The van der Waals surface area contributed by atoms with Gasteiger partial charge >= 0.3 is 33.3 Å². The molecule has 162 valence electrons. The normalized spacial score (nSPS) is 14.7. The average molecular weight is 446 g/mol. The van der Waals surface area contributed by atoms with Crippen LogP contribution in [0.4, 0.5) is 22.0 Å². The molecule has 1 aromatic rings. The van der Waals surface area contributed by atoms with Gasteiger partial charge in [-0.15, -0.1) is 0 Å². The van der Waals surface area contributed by atoms with E-state index >= 15 is 0 Å². The molecule has 0 saturated carbocycles. The first kappa shape index (κ1) is 24.7. The number of halogens is 5. The zero-order valence-electron chi connectivity index (χ0n) is 14.7. The Bertz CT molecular complexity index is 881. The van der Waals surface area contributed by atoms with Gasteiger partial charge in [0.15, 0.2) is 0 Å². The molecule has 0 bridgehead atoms. The van der Waals surface area contributed by atoms with Crippen LogP contribution in [0.15, 0.2) is 42.5 Å². The van der Waals surface area contributed by atoms with Gasteiger partial charge in [0, 0.05) is 12.0 Å². The number of rotatable bonds is 9.